The second-order valence-electron chi connectivity index (χ2n) is 11.6. The second-order valence-corrected chi connectivity index (χ2v) is 11.6. The molecule has 4 aliphatic rings. The maximum Gasteiger partial charge on any atom is 0.250 e. The predicted molar refractivity (Wildman–Crippen MR) is 153 cm³/mol. The Kier molecular flexibility index (Phi) is 6.20. The first-order valence-electron chi connectivity index (χ1n) is 14.1. The standard InChI is InChI=1S/C31H33N4O6/c1-40-27-13-18-8-9-32(15-20(18)14-28(27)41-2)31(37)24-12-19-11-23(35(38)39)6-7-26(19)34-16-21-10-22(30(24)34)17-33-25(21)4-3-5-29(33)36/h3-7,11,13-14,21-22,24,30,38H,8-10,12,15-17H2,1-2H3/q-1/t21?,22?,24-,30+/m1/s1. The Bertz CT molecular complexity index is 1590. The molecule has 7 rings (SSSR count). The molecule has 1 amide bonds. The number of fused-ring (bicyclic) bond motifs is 9. The Morgan fingerprint density at radius 2 is 1.80 bits per heavy atom. The van der Waals surface area contributed by atoms with Crippen LogP contribution in [0, 0.1) is 17.0 Å². The smallest absolute Gasteiger partial charge is 0.250 e. The molecule has 5 heterocycles. The predicted octanol–water partition coefficient (Wildman–Crippen LogP) is 3.31. The van der Waals surface area contributed by atoms with Crippen LogP contribution >= 0.6 is 0 Å². The number of carbonyl (C=O) groups excluding carboxylic acids is 1. The molecule has 41 heavy (non-hydrogen) atoms. The first-order valence-corrected chi connectivity index (χ1v) is 14.1. The fraction of sp³-hybridized carbons (Fsp3) is 0.419. The Balaban J connectivity index is 1.26. The van der Waals surface area contributed by atoms with Gasteiger partial charge in [0.05, 0.1) is 25.8 Å². The number of anilines is 2. The molecule has 4 atom stereocenters. The molecule has 0 aliphatic carbocycles. The molecule has 0 saturated carbocycles. The fourth-order valence-electron chi connectivity index (χ4n) is 7.75. The van der Waals surface area contributed by atoms with Gasteiger partial charge in [-0.15, -0.1) is 0 Å². The number of rotatable bonds is 4. The molecule has 1 N–H and O–H groups in total. The summed E-state index contributed by atoms with van der Waals surface area (Å²) in [7, 11) is 3.23. The summed E-state index contributed by atoms with van der Waals surface area (Å²) < 4.78 is 12.9. The van der Waals surface area contributed by atoms with Crippen LogP contribution in [0.1, 0.15) is 34.7 Å². The Morgan fingerprint density at radius 3 is 2.56 bits per heavy atom. The summed E-state index contributed by atoms with van der Waals surface area (Å²) in [6, 6.07) is 14.6. The van der Waals surface area contributed by atoms with Crippen molar-refractivity contribution in [3.05, 3.63) is 86.5 Å². The Morgan fingerprint density at radius 1 is 1.02 bits per heavy atom. The number of carbonyl (C=O) groups is 1. The summed E-state index contributed by atoms with van der Waals surface area (Å²) >= 11 is 0. The molecular formula is C31H33N4O6-. The number of benzene rings is 2. The molecule has 10 heteroatoms. The van der Waals surface area contributed by atoms with Gasteiger partial charge in [-0.2, -0.15) is 0 Å². The fourth-order valence-corrected chi connectivity index (χ4v) is 7.75. The molecule has 4 aliphatic heterocycles. The van der Waals surface area contributed by atoms with E-state index in [4.69, 9.17) is 9.47 Å². The summed E-state index contributed by atoms with van der Waals surface area (Å²) in [4.78, 5) is 31.6. The van der Waals surface area contributed by atoms with E-state index in [0.29, 0.717) is 50.5 Å². The maximum absolute atomic E-state index is 14.5. The number of hydrogen-bond acceptors (Lipinski definition) is 8. The lowest BCUT2D eigenvalue weighted by atomic mass is 9.69. The van der Waals surface area contributed by atoms with E-state index >= 15 is 0 Å². The van der Waals surface area contributed by atoms with Crippen molar-refractivity contribution in [1.82, 2.24) is 9.47 Å². The van der Waals surface area contributed by atoms with Crippen LogP contribution in [0.15, 0.2) is 53.3 Å². The number of hydrogen-bond donors (Lipinski definition) is 1. The number of nitrogens with zero attached hydrogens (tertiary/aromatic N) is 4. The Labute approximate surface area is 237 Å². The highest BCUT2D eigenvalue weighted by Gasteiger charge is 2.50. The van der Waals surface area contributed by atoms with E-state index in [0.717, 1.165) is 34.5 Å². The van der Waals surface area contributed by atoms with Gasteiger partial charge >= 0.3 is 0 Å². The highest BCUT2D eigenvalue weighted by Crippen LogP contribution is 2.48. The highest BCUT2D eigenvalue weighted by molar-refractivity contribution is 5.83. The molecular weight excluding hydrogens is 524 g/mol. The molecule has 2 aromatic carbocycles. The van der Waals surface area contributed by atoms with Crippen molar-refractivity contribution in [1.29, 1.82) is 0 Å². The van der Waals surface area contributed by atoms with Gasteiger partial charge in [0.15, 0.2) is 11.5 Å². The van der Waals surface area contributed by atoms with Gasteiger partial charge < -0.3 is 34.3 Å². The van der Waals surface area contributed by atoms with Crippen molar-refractivity contribution in [2.75, 3.05) is 37.4 Å². The third-order valence-corrected chi connectivity index (χ3v) is 9.56. The van der Waals surface area contributed by atoms with E-state index in [1.165, 1.54) is 0 Å². The van der Waals surface area contributed by atoms with Gasteiger partial charge in [0.2, 0.25) is 5.91 Å². The van der Waals surface area contributed by atoms with Gasteiger partial charge in [-0.25, -0.2) is 0 Å². The normalized spacial score (nSPS) is 24.0. The van der Waals surface area contributed by atoms with E-state index in [1.54, 1.807) is 32.4 Å². The maximum atomic E-state index is 14.5. The number of pyridine rings is 1. The van der Waals surface area contributed by atoms with Crippen molar-refractivity contribution in [3.63, 3.8) is 0 Å². The Hall–Kier alpha value is -4.02. The molecule has 1 fully saturated rings. The number of ether oxygens (including phenoxy) is 2. The number of amides is 1. The molecule has 214 valence electrons. The largest absolute Gasteiger partial charge is 0.733 e. The molecule has 0 spiro atoms. The average molecular weight is 558 g/mol. The van der Waals surface area contributed by atoms with Crippen LogP contribution in [-0.4, -0.2) is 53.9 Å². The van der Waals surface area contributed by atoms with Crippen LogP contribution in [0.25, 0.3) is 0 Å². The minimum Gasteiger partial charge on any atom is -0.733 e. The summed E-state index contributed by atoms with van der Waals surface area (Å²) in [5.41, 5.74) is 5.25. The van der Waals surface area contributed by atoms with Crippen molar-refractivity contribution >= 4 is 17.3 Å². The quantitative estimate of drug-likeness (QED) is 0.487. The van der Waals surface area contributed by atoms with E-state index in [1.807, 2.05) is 39.8 Å². The topological polar surface area (TPSA) is 111 Å². The molecule has 3 aromatic rings. The van der Waals surface area contributed by atoms with Crippen LogP contribution in [0.4, 0.5) is 11.4 Å². The zero-order valence-corrected chi connectivity index (χ0v) is 23.2. The molecule has 1 saturated heterocycles. The lowest BCUT2D eigenvalue weighted by Gasteiger charge is -2.55. The van der Waals surface area contributed by atoms with Gasteiger partial charge in [0, 0.05) is 55.6 Å². The summed E-state index contributed by atoms with van der Waals surface area (Å²) in [5, 5.41) is 21.2. The van der Waals surface area contributed by atoms with E-state index in [9.17, 15) is 20.0 Å². The number of methoxy groups -OCH3 is 2. The number of piperidine rings is 1. The van der Waals surface area contributed by atoms with Crippen molar-refractivity contribution in [3.8, 4) is 11.5 Å². The van der Waals surface area contributed by atoms with Crippen LogP contribution < -0.4 is 25.2 Å². The summed E-state index contributed by atoms with van der Waals surface area (Å²) in [6.07, 6.45) is 2.10. The van der Waals surface area contributed by atoms with Crippen LogP contribution in [0.5, 0.6) is 11.5 Å². The van der Waals surface area contributed by atoms with Crippen LogP contribution in [0.2, 0.25) is 0 Å². The first-order chi connectivity index (χ1) is 19.9. The summed E-state index contributed by atoms with van der Waals surface area (Å²) in [5.74, 6) is 1.33. The van der Waals surface area contributed by atoms with Crippen LogP contribution in [0.3, 0.4) is 0 Å². The minimum absolute atomic E-state index is 0.00451. The third kappa shape index (κ3) is 4.16. The molecule has 1 aromatic heterocycles. The van der Waals surface area contributed by atoms with Crippen molar-refractivity contribution in [2.24, 2.45) is 11.8 Å². The highest BCUT2D eigenvalue weighted by atomic mass is 16.8. The van der Waals surface area contributed by atoms with Gasteiger partial charge in [0.25, 0.3) is 5.56 Å². The van der Waals surface area contributed by atoms with E-state index in [-0.39, 0.29) is 46.2 Å². The van der Waals surface area contributed by atoms with Gasteiger partial charge in [-0.1, -0.05) is 6.07 Å². The SMILES string of the molecule is COc1cc2c(cc1OC)CN(C(=O)[C@@H]1Cc3cc(N([O-])O)ccc3N3CC4CC(Cn5c4cccc5=O)[C@@H]13)CC2. The van der Waals surface area contributed by atoms with E-state index < -0.39 is 0 Å². The lowest BCUT2D eigenvalue weighted by molar-refractivity contribution is -0.138. The monoisotopic (exact) mass is 557 g/mol. The average Bonchev–Trinajstić information content (AvgIpc) is 2.99. The van der Waals surface area contributed by atoms with Crippen molar-refractivity contribution in [2.45, 2.75) is 44.3 Å². The molecule has 2 bridgehead atoms. The van der Waals surface area contributed by atoms with Gasteiger partial charge in [0.1, 0.15) is 0 Å². The number of aromatic nitrogens is 1. The van der Waals surface area contributed by atoms with Gasteiger partial charge in [-0.3, -0.25) is 14.8 Å². The first kappa shape index (κ1) is 25.9. The van der Waals surface area contributed by atoms with E-state index in [2.05, 4.69) is 4.90 Å². The summed E-state index contributed by atoms with van der Waals surface area (Å²) in [6.45, 7) is 2.33. The lowest BCUT2D eigenvalue weighted by Crippen LogP contribution is -2.61. The van der Waals surface area contributed by atoms with Crippen molar-refractivity contribution < 1.29 is 19.5 Å². The zero-order chi connectivity index (χ0) is 28.4. The van der Waals surface area contributed by atoms with Crippen LogP contribution in [-0.2, 0) is 30.7 Å². The minimum atomic E-state index is -0.356. The zero-order valence-electron chi connectivity index (χ0n) is 23.2. The molecule has 2 unspecified atom stereocenters. The third-order valence-electron chi connectivity index (χ3n) is 9.56. The van der Waals surface area contributed by atoms with Gasteiger partial charge in [-0.05, 0) is 78.3 Å². The second kappa shape index (κ2) is 9.81. The molecule has 0 radical (unpaired) electrons. The molecule has 10 nitrogen and oxygen atoms in total.